The first-order valence-corrected chi connectivity index (χ1v) is 11.0. The van der Waals surface area contributed by atoms with Crippen LogP contribution < -0.4 is 10.9 Å². The molecule has 1 N–H and O–H groups in total. The molecule has 3 rings (SSSR count). The van der Waals surface area contributed by atoms with Crippen LogP contribution in [0.25, 0.3) is 10.2 Å². The van der Waals surface area contributed by atoms with Gasteiger partial charge in [0, 0.05) is 11.6 Å². The van der Waals surface area contributed by atoms with Crippen LogP contribution >= 0.6 is 34.7 Å². The Balaban J connectivity index is 1.87. The number of aromatic nitrogens is 2. The molecular weight excluding hydrogens is 402 g/mol. The molecule has 0 aliphatic rings. The van der Waals surface area contributed by atoms with Crippen molar-refractivity contribution in [1.82, 2.24) is 14.9 Å². The first-order chi connectivity index (χ1) is 13.1. The van der Waals surface area contributed by atoms with Crippen LogP contribution in [0.5, 0.6) is 0 Å². The summed E-state index contributed by atoms with van der Waals surface area (Å²) in [6, 6.07) is 9.25. The first kappa shape index (κ1) is 19.9. The zero-order valence-corrected chi connectivity index (χ0v) is 17.3. The van der Waals surface area contributed by atoms with Gasteiger partial charge in [0.1, 0.15) is 4.70 Å². The number of rotatable bonds is 8. The Kier molecular flexibility index (Phi) is 6.93. The Morgan fingerprint density at radius 1 is 1.33 bits per heavy atom. The molecule has 0 atom stereocenters. The molecule has 27 heavy (non-hydrogen) atoms. The second-order valence-electron chi connectivity index (χ2n) is 6.00. The van der Waals surface area contributed by atoms with E-state index in [0.29, 0.717) is 33.5 Å². The Morgan fingerprint density at radius 3 is 2.93 bits per heavy atom. The predicted molar refractivity (Wildman–Crippen MR) is 113 cm³/mol. The van der Waals surface area contributed by atoms with Gasteiger partial charge in [0.15, 0.2) is 5.16 Å². The summed E-state index contributed by atoms with van der Waals surface area (Å²) in [6.07, 6.45) is 1.98. The van der Waals surface area contributed by atoms with Gasteiger partial charge in [-0.25, -0.2) is 4.98 Å². The summed E-state index contributed by atoms with van der Waals surface area (Å²) in [4.78, 5) is 29.6. The number of benzene rings is 1. The molecule has 2 heterocycles. The number of thiophene rings is 1. The Labute approximate surface area is 170 Å². The highest BCUT2D eigenvalue weighted by atomic mass is 35.5. The minimum Gasteiger partial charge on any atom is -0.355 e. The minimum absolute atomic E-state index is 0.0580. The number of halogens is 1. The summed E-state index contributed by atoms with van der Waals surface area (Å²) in [6.45, 7) is 3.06. The van der Waals surface area contributed by atoms with Crippen LogP contribution in [-0.2, 0) is 11.3 Å². The van der Waals surface area contributed by atoms with Crippen LogP contribution in [0.2, 0.25) is 5.02 Å². The molecule has 0 saturated carbocycles. The second kappa shape index (κ2) is 9.39. The number of hydrogen-bond acceptors (Lipinski definition) is 5. The lowest BCUT2D eigenvalue weighted by Gasteiger charge is -2.13. The normalized spacial score (nSPS) is 11.0. The van der Waals surface area contributed by atoms with Crippen molar-refractivity contribution >= 4 is 50.8 Å². The molecule has 5 nitrogen and oxygen atoms in total. The molecule has 2 aromatic heterocycles. The van der Waals surface area contributed by atoms with Crippen molar-refractivity contribution in [2.45, 2.75) is 31.5 Å². The van der Waals surface area contributed by atoms with E-state index in [9.17, 15) is 9.59 Å². The highest BCUT2D eigenvalue weighted by Crippen LogP contribution is 2.23. The van der Waals surface area contributed by atoms with E-state index in [1.54, 1.807) is 10.6 Å². The number of amides is 1. The van der Waals surface area contributed by atoms with Gasteiger partial charge in [-0.05, 0) is 29.5 Å². The van der Waals surface area contributed by atoms with Gasteiger partial charge in [0.25, 0.3) is 5.56 Å². The van der Waals surface area contributed by atoms with E-state index in [0.717, 1.165) is 18.4 Å². The van der Waals surface area contributed by atoms with E-state index in [2.05, 4.69) is 17.2 Å². The molecule has 142 valence electrons. The van der Waals surface area contributed by atoms with Gasteiger partial charge in [0.05, 0.1) is 17.8 Å². The van der Waals surface area contributed by atoms with E-state index in [1.807, 2.05) is 29.6 Å². The number of nitrogens with zero attached hydrogens (tertiary/aromatic N) is 2. The monoisotopic (exact) mass is 421 g/mol. The molecule has 0 unspecified atom stereocenters. The predicted octanol–water partition coefficient (Wildman–Crippen LogP) is 4.17. The van der Waals surface area contributed by atoms with Gasteiger partial charge < -0.3 is 5.32 Å². The maximum atomic E-state index is 13.0. The maximum Gasteiger partial charge on any atom is 0.272 e. The molecule has 0 saturated heterocycles. The van der Waals surface area contributed by atoms with Gasteiger partial charge in [-0.15, -0.1) is 11.3 Å². The van der Waals surface area contributed by atoms with Gasteiger partial charge in [-0.3, -0.25) is 14.2 Å². The van der Waals surface area contributed by atoms with E-state index in [4.69, 9.17) is 11.6 Å². The van der Waals surface area contributed by atoms with Crippen LogP contribution in [-0.4, -0.2) is 27.8 Å². The van der Waals surface area contributed by atoms with Crippen LogP contribution in [0.15, 0.2) is 45.7 Å². The number of carbonyl (C=O) groups excluding carboxylic acids is 1. The lowest BCUT2D eigenvalue weighted by Crippen LogP contribution is -2.27. The molecular formula is C19H20ClN3O2S2. The first-order valence-electron chi connectivity index (χ1n) is 8.71. The molecule has 8 heteroatoms. The van der Waals surface area contributed by atoms with Crippen molar-refractivity contribution in [3.8, 4) is 0 Å². The van der Waals surface area contributed by atoms with Crippen LogP contribution in [0.1, 0.15) is 25.3 Å². The van der Waals surface area contributed by atoms with Gasteiger partial charge in [-0.2, -0.15) is 0 Å². The molecule has 0 fully saturated rings. The number of unbranched alkanes of at least 4 members (excludes halogenated alkanes) is 1. The third-order valence-electron chi connectivity index (χ3n) is 4.00. The Bertz CT molecular complexity index is 1000. The average Bonchev–Trinajstić information content (AvgIpc) is 3.13. The maximum absolute atomic E-state index is 13.0. The molecule has 3 aromatic rings. The molecule has 0 aliphatic carbocycles. The van der Waals surface area contributed by atoms with Gasteiger partial charge in [-0.1, -0.05) is 54.9 Å². The summed E-state index contributed by atoms with van der Waals surface area (Å²) in [7, 11) is 0. The Hall–Kier alpha value is -1.83. The smallest absolute Gasteiger partial charge is 0.272 e. The van der Waals surface area contributed by atoms with E-state index < -0.39 is 0 Å². The number of thioether (sulfide) groups is 1. The molecule has 0 radical (unpaired) electrons. The second-order valence-corrected chi connectivity index (χ2v) is 8.27. The van der Waals surface area contributed by atoms with Crippen molar-refractivity contribution in [2.75, 3.05) is 12.3 Å². The number of hydrogen-bond donors (Lipinski definition) is 1. The van der Waals surface area contributed by atoms with Crippen molar-refractivity contribution < 1.29 is 4.79 Å². The van der Waals surface area contributed by atoms with Crippen molar-refractivity contribution in [3.05, 3.63) is 56.7 Å². The quantitative estimate of drug-likeness (QED) is 0.337. The fourth-order valence-electron chi connectivity index (χ4n) is 2.56. The van der Waals surface area contributed by atoms with Crippen molar-refractivity contribution in [2.24, 2.45) is 0 Å². The van der Waals surface area contributed by atoms with Gasteiger partial charge >= 0.3 is 0 Å². The van der Waals surface area contributed by atoms with E-state index in [-0.39, 0.29) is 17.2 Å². The summed E-state index contributed by atoms with van der Waals surface area (Å²) >= 11 is 8.91. The van der Waals surface area contributed by atoms with Gasteiger partial charge in [0.2, 0.25) is 5.91 Å². The zero-order valence-electron chi connectivity index (χ0n) is 14.9. The molecule has 1 amide bonds. The third kappa shape index (κ3) is 4.91. The van der Waals surface area contributed by atoms with Crippen molar-refractivity contribution in [3.63, 3.8) is 0 Å². The van der Waals surface area contributed by atoms with Crippen LogP contribution in [0, 0.1) is 0 Å². The minimum atomic E-state index is -0.108. The standard InChI is InChI=1S/C19H20ClN3O2S2/c1-2-3-9-21-16(24)12-27-19-22-15-8-10-26-17(15)18(25)23(19)11-13-6-4-5-7-14(13)20/h4-8,10H,2-3,9,11-12H2,1H3,(H,21,24). The lowest BCUT2D eigenvalue weighted by molar-refractivity contribution is -0.118. The summed E-state index contributed by atoms with van der Waals surface area (Å²) < 4.78 is 2.21. The van der Waals surface area contributed by atoms with E-state index >= 15 is 0 Å². The Morgan fingerprint density at radius 2 is 2.15 bits per heavy atom. The number of carbonyl (C=O) groups is 1. The number of nitrogens with one attached hydrogen (secondary N) is 1. The van der Waals surface area contributed by atoms with Crippen LogP contribution in [0.4, 0.5) is 0 Å². The molecule has 0 spiro atoms. The SMILES string of the molecule is CCCCNC(=O)CSc1nc2ccsc2c(=O)n1Cc1ccccc1Cl. The fraction of sp³-hybridized carbons (Fsp3) is 0.316. The fourth-order valence-corrected chi connectivity index (χ4v) is 4.36. The van der Waals surface area contributed by atoms with Crippen LogP contribution in [0.3, 0.4) is 0 Å². The molecule has 0 bridgehead atoms. The lowest BCUT2D eigenvalue weighted by atomic mass is 10.2. The summed E-state index contributed by atoms with van der Waals surface area (Å²) in [5.41, 5.74) is 1.39. The highest BCUT2D eigenvalue weighted by Gasteiger charge is 2.15. The van der Waals surface area contributed by atoms with Crippen molar-refractivity contribution in [1.29, 1.82) is 0 Å². The summed E-state index contributed by atoms with van der Waals surface area (Å²) in [5.74, 6) is 0.159. The average molecular weight is 422 g/mol. The third-order valence-corrected chi connectivity index (χ3v) is 6.24. The highest BCUT2D eigenvalue weighted by molar-refractivity contribution is 7.99. The number of fused-ring (bicyclic) bond motifs is 1. The zero-order chi connectivity index (χ0) is 19.2. The largest absolute Gasteiger partial charge is 0.355 e. The topological polar surface area (TPSA) is 64.0 Å². The summed E-state index contributed by atoms with van der Waals surface area (Å²) in [5, 5.41) is 5.86. The molecule has 0 aliphatic heterocycles. The van der Waals surface area contributed by atoms with E-state index in [1.165, 1.54) is 23.1 Å². The molecule has 1 aromatic carbocycles.